The minimum Gasteiger partial charge on any atom is -0.420 e. The van der Waals surface area contributed by atoms with E-state index < -0.39 is 88.5 Å². The number of carbonyl (C=O) groups excluding carboxylic acids is 4. The van der Waals surface area contributed by atoms with Crippen molar-refractivity contribution in [3.63, 3.8) is 0 Å². The second kappa shape index (κ2) is 18.4. The standard InChI is InChI=1S/C37H55F5N4O7/c1-11-20(4)31(45(8)30(19(2)3)34(48)43-36(50)37(6)15-13-16-44(37)7)23(51-9)18-24(47)46-17-12-14-22(46)32(52-10)21(5)35(49)53-33-28(41)26(39)25(38)27(40)29(33)42/h19-23,30-32H,11-18H2,1-10H3,(H,43,48,50)/t20-,21+,22-,23+,30-,31-,32+,37-/m0/s1. The molecular weight excluding hydrogens is 707 g/mol. The molecule has 0 aliphatic carbocycles. The minimum absolute atomic E-state index is 0.0706. The molecule has 8 atom stereocenters. The molecule has 1 aromatic rings. The number of methoxy groups -OCH3 is 2. The summed E-state index contributed by atoms with van der Waals surface area (Å²) < 4.78 is 85.9. The molecule has 2 heterocycles. The second-order valence-corrected chi connectivity index (χ2v) is 14.9. The van der Waals surface area contributed by atoms with Crippen molar-refractivity contribution in [3.05, 3.63) is 29.1 Å². The lowest BCUT2D eigenvalue weighted by atomic mass is 9.87. The van der Waals surface area contributed by atoms with Crippen LogP contribution in [0.2, 0.25) is 0 Å². The fourth-order valence-electron chi connectivity index (χ4n) is 7.89. The number of imide groups is 1. The van der Waals surface area contributed by atoms with Crippen LogP contribution in [-0.2, 0) is 28.7 Å². The molecule has 2 saturated heterocycles. The smallest absolute Gasteiger partial charge is 0.316 e. The molecule has 2 fully saturated rings. The Kier molecular flexibility index (Phi) is 15.4. The number of esters is 1. The number of halogens is 5. The van der Waals surface area contributed by atoms with Gasteiger partial charge in [0, 0.05) is 26.8 Å². The lowest BCUT2D eigenvalue weighted by Gasteiger charge is -2.43. The maximum absolute atomic E-state index is 14.3. The minimum atomic E-state index is -2.39. The molecule has 3 amide bonds. The summed E-state index contributed by atoms with van der Waals surface area (Å²) >= 11 is 0. The van der Waals surface area contributed by atoms with Gasteiger partial charge in [-0.05, 0) is 72.0 Å². The van der Waals surface area contributed by atoms with Gasteiger partial charge in [-0.2, -0.15) is 8.78 Å². The van der Waals surface area contributed by atoms with E-state index in [0.717, 1.165) is 13.0 Å². The predicted octanol–water partition coefficient (Wildman–Crippen LogP) is 4.83. The summed E-state index contributed by atoms with van der Waals surface area (Å²) in [4.78, 5) is 59.6. The number of nitrogens with zero attached hydrogens (tertiary/aromatic N) is 3. The number of nitrogens with one attached hydrogen (secondary N) is 1. The summed E-state index contributed by atoms with van der Waals surface area (Å²) in [7, 11) is 6.38. The molecule has 0 radical (unpaired) electrons. The summed E-state index contributed by atoms with van der Waals surface area (Å²) in [5, 5.41) is 2.66. The molecule has 0 bridgehead atoms. The van der Waals surface area contributed by atoms with E-state index in [1.165, 1.54) is 26.0 Å². The van der Waals surface area contributed by atoms with E-state index in [9.17, 15) is 41.1 Å². The number of amides is 3. The number of ether oxygens (including phenoxy) is 3. The third kappa shape index (κ3) is 9.19. The van der Waals surface area contributed by atoms with E-state index in [-0.39, 0.29) is 36.6 Å². The molecule has 16 heteroatoms. The highest BCUT2D eigenvalue weighted by molar-refractivity contribution is 6.02. The molecule has 2 aliphatic rings. The highest BCUT2D eigenvalue weighted by atomic mass is 19.2. The van der Waals surface area contributed by atoms with Crippen LogP contribution in [0.25, 0.3) is 0 Å². The van der Waals surface area contributed by atoms with Crippen LogP contribution in [-0.4, -0.2) is 116 Å². The topological polar surface area (TPSA) is 118 Å². The monoisotopic (exact) mass is 762 g/mol. The van der Waals surface area contributed by atoms with Gasteiger partial charge in [-0.15, -0.1) is 0 Å². The maximum Gasteiger partial charge on any atom is 0.316 e. The van der Waals surface area contributed by atoms with Gasteiger partial charge in [0.15, 0.2) is 0 Å². The van der Waals surface area contributed by atoms with E-state index in [4.69, 9.17) is 14.2 Å². The molecule has 2 aliphatic heterocycles. The summed E-state index contributed by atoms with van der Waals surface area (Å²) in [6.45, 7) is 11.9. The Bertz CT molecular complexity index is 1470. The quantitative estimate of drug-likeness (QED) is 0.0832. The van der Waals surface area contributed by atoms with Crippen molar-refractivity contribution in [2.75, 3.05) is 41.4 Å². The van der Waals surface area contributed by atoms with E-state index in [1.807, 2.05) is 51.5 Å². The van der Waals surface area contributed by atoms with Crippen LogP contribution in [0.15, 0.2) is 0 Å². The van der Waals surface area contributed by atoms with Gasteiger partial charge in [-0.3, -0.25) is 34.3 Å². The average molecular weight is 763 g/mol. The van der Waals surface area contributed by atoms with Gasteiger partial charge in [0.05, 0.1) is 42.2 Å². The first-order valence-electron chi connectivity index (χ1n) is 18.1. The van der Waals surface area contributed by atoms with Crippen LogP contribution in [0, 0.1) is 46.8 Å². The number of hydrogen-bond acceptors (Lipinski definition) is 9. The molecular formula is C37H55F5N4O7. The first kappa shape index (κ1) is 44.2. The molecule has 3 rings (SSSR count). The molecule has 300 valence electrons. The van der Waals surface area contributed by atoms with Crippen molar-refractivity contribution in [2.24, 2.45) is 17.8 Å². The molecule has 0 spiro atoms. The van der Waals surface area contributed by atoms with E-state index >= 15 is 0 Å². The molecule has 1 aromatic carbocycles. The second-order valence-electron chi connectivity index (χ2n) is 14.9. The molecule has 0 saturated carbocycles. The van der Waals surface area contributed by atoms with Gasteiger partial charge >= 0.3 is 5.97 Å². The van der Waals surface area contributed by atoms with Gasteiger partial charge in [0.1, 0.15) is 0 Å². The van der Waals surface area contributed by atoms with Crippen molar-refractivity contribution in [1.29, 1.82) is 0 Å². The third-order valence-electron chi connectivity index (χ3n) is 11.3. The summed E-state index contributed by atoms with van der Waals surface area (Å²) in [6, 6.07) is -1.91. The van der Waals surface area contributed by atoms with Gasteiger partial charge in [-0.1, -0.05) is 34.1 Å². The van der Waals surface area contributed by atoms with E-state index in [1.54, 1.807) is 7.05 Å². The number of hydrogen-bond donors (Lipinski definition) is 1. The summed E-state index contributed by atoms with van der Waals surface area (Å²) in [5.74, 6) is -17.3. The van der Waals surface area contributed by atoms with Crippen LogP contribution in [0.3, 0.4) is 0 Å². The third-order valence-corrected chi connectivity index (χ3v) is 11.3. The molecule has 11 nitrogen and oxygen atoms in total. The van der Waals surface area contributed by atoms with Crippen molar-refractivity contribution in [1.82, 2.24) is 20.0 Å². The Morgan fingerprint density at radius 3 is 2.00 bits per heavy atom. The van der Waals surface area contributed by atoms with Crippen molar-refractivity contribution in [3.8, 4) is 5.75 Å². The first-order valence-corrected chi connectivity index (χ1v) is 18.1. The lowest BCUT2D eigenvalue weighted by Crippen LogP contribution is -2.61. The Labute approximate surface area is 308 Å². The Morgan fingerprint density at radius 2 is 1.51 bits per heavy atom. The highest BCUT2D eigenvalue weighted by Gasteiger charge is 2.46. The van der Waals surface area contributed by atoms with Crippen LogP contribution >= 0.6 is 0 Å². The van der Waals surface area contributed by atoms with E-state index in [2.05, 4.69) is 5.32 Å². The molecule has 0 unspecified atom stereocenters. The Hall–Kier alpha value is -3.21. The van der Waals surface area contributed by atoms with E-state index in [0.29, 0.717) is 25.7 Å². The van der Waals surface area contributed by atoms with Gasteiger partial charge < -0.3 is 19.1 Å². The number of carbonyl (C=O) groups is 4. The SMILES string of the molecule is CC[C@H](C)[C@@H]([C@@H](CC(=O)N1CCC[C@H]1[C@H](OC)[C@@H](C)C(=O)Oc1c(F)c(F)c(F)c(F)c1F)OC)N(C)[C@H](C(=O)NC(=O)[C@]1(C)CCCN1C)C(C)C. The number of benzene rings is 1. The Balaban J connectivity index is 1.82. The highest BCUT2D eigenvalue weighted by Crippen LogP contribution is 2.34. The number of likely N-dealkylation sites (tertiary alicyclic amines) is 2. The van der Waals surface area contributed by atoms with Crippen molar-refractivity contribution >= 4 is 23.7 Å². The van der Waals surface area contributed by atoms with Crippen LogP contribution < -0.4 is 10.1 Å². The fraction of sp³-hybridized carbons (Fsp3) is 0.730. The first-order chi connectivity index (χ1) is 24.8. The van der Waals surface area contributed by atoms with Gasteiger partial charge in [0.2, 0.25) is 52.6 Å². The maximum atomic E-state index is 14.3. The van der Waals surface area contributed by atoms with Crippen LogP contribution in [0.4, 0.5) is 22.0 Å². The summed E-state index contributed by atoms with van der Waals surface area (Å²) in [5.41, 5.74) is -0.808. The fourth-order valence-corrected chi connectivity index (χ4v) is 7.89. The normalized spacial score (nSPS) is 22.8. The summed E-state index contributed by atoms with van der Waals surface area (Å²) in [6.07, 6.45) is 1.14. The zero-order chi connectivity index (χ0) is 40.1. The zero-order valence-electron chi connectivity index (χ0n) is 32.4. The zero-order valence-corrected chi connectivity index (χ0v) is 32.4. The average Bonchev–Trinajstić information content (AvgIpc) is 3.74. The lowest BCUT2D eigenvalue weighted by molar-refractivity contribution is -0.150. The number of rotatable bonds is 16. The predicted molar refractivity (Wildman–Crippen MR) is 185 cm³/mol. The van der Waals surface area contributed by atoms with Crippen LogP contribution in [0.1, 0.15) is 80.1 Å². The molecule has 53 heavy (non-hydrogen) atoms. The van der Waals surface area contributed by atoms with Gasteiger partial charge in [-0.25, -0.2) is 13.2 Å². The van der Waals surface area contributed by atoms with Gasteiger partial charge in [0.25, 0.3) is 0 Å². The van der Waals surface area contributed by atoms with Crippen LogP contribution in [0.5, 0.6) is 5.75 Å². The van der Waals surface area contributed by atoms with Crippen molar-refractivity contribution < 1.29 is 55.3 Å². The largest absolute Gasteiger partial charge is 0.420 e. The molecule has 0 aromatic heterocycles. The Morgan fingerprint density at radius 1 is 0.925 bits per heavy atom. The molecule has 1 N–H and O–H groups in total. The van der Waals surface area contributed by atoms with Crippen molar-refractivity contribution in [2.45, 2.75) is 116 Å². The number of likely N-dealkylation sites (N-methyl/N-ethyl adjacent to an activating group) is 2.